The second kappa shape index (κ2) is 6.80. The summed E-state index contributed by atoms with van der Waals surface area (Å²) in [5, 5.41) is 8.99. The Morgan fingerprint density at radius 1 is 1.32 bits per heavy atom. The second-order valence-corrected chi connectivity index (χ2v) is 8.85. The van der Waals surface area contributed by atoms with Crippen molar-refractivity contribution >= 4 is 40.3 Å². The number of methoxy groups -OCH3 is 1. The number of hydrogen-bond acceptors (Lipinski definition) is 6. The van der Waals surface area contributed by atoms with Gasteiger partial charge in [0.15, 0.2) is 4.34 Å². The standard InChI is InChI=1S/C18H21N3O2S2/c1-11-9-18(3,4)21(16-13(11)7-6-8-14(16)23-5)15(22)10-24-17-20-19-12(2)25-17/h6-9H,10H2,1-5H3. The highest BCUT2D eigenvalue weighted by Crippen LogP contribution is 2.44. The Morgan fingerprint density at radius 2 is 2.08 bits per heavy atom. The molecule has 1 aromatic carbocycles. The van der Waals surface area contributed by atoms with Crippen LogP contribution in [0.4, 0.5) is 5.69 Å². The summed E-state index contributed by atoms with van der Waals surface area (Å²) in [6.45, 7) is 8.07. The fourth-order valence-corrected chi connectivity index (χ4v) is 4.83. The maximum Gasteiger partial charge on any atom is 0.238 e. The van der Waals surface area contributed by atoms with Gasteiger partial charge in [0.2, 0.25) is 5.91 Å². The Hall–Kier alpha value is -1.86. The quantitative estimate of drug-likeness (QED) is 0.751. The van der Waals surface area contributed by atoms with Crippen molar-refractivity contribution in [3.63, 3.8) is 0 Å². The van der Waals surface area contributed by atoms with Crippen LogP contribution in [0.2, 0.25) is 0 Å². The molecule has 2 heterocycles. The smallest absolute Gasteiger partial charge is 0.238 e. The molecule has 25 heavy (non-hydrogen) atoms. The van der Waals surface area contributed by atoms with Crippen LogP contribution < -0.4 is 9.64 Å². The highest BCUT2D eigenvalue weighted by molar-refractivity contribution is 8.01. The summed E-state index contributed by atoms with van der Waals surface area (Å²) in [6, 6.07) is 5.88. The van der Waals surface area contributed by atoms with E-state index in [2.05, 4.69) is 23.2 Å². The lowest BCUT2D eigenvalue weighted by Crippen LogP contribution is -2.49. The molecule has 0 fully saturated rings. The van der Waals surface area contributed by atoms with Gasteiger partial charge in [0, 0.05) is 5.56 Å². The van der Waals surface area contributed by atoms with Crippen molar-refractivity contribution in [3.05, 3.63) is 34.8 Å². The number of anilines is 1. The van der Waals surface area contributed by atoms with Gasteiger partial charge in [-0.15, -0.1) is 10.2 Å². The largest absolute Gasteiger partial charge is 0.495 e. The van der Waals surface area contributed by atoms with Gasteiger partial charge in [-0.25, -0.2) is 0 Å². The highest BCUT2D eigenvalue weighted by atomic mass is 32.2. The van der Waals surface area contributed by atoms with E-state index in [1.807, 2.05) is 43.9 Å². The van der Waals surface area contributed by atoms with Crippen molar-refractivity contribution in [2.45, 2.75) is 37.6 Å². The number of amides is 1. The van der Waals surface area contributed by atoms with E-state index in [1.54, 1.807) is 7.11 Å². The Morgan fingerprint density at radius 3 is 2.72 bits per heavy atom. The van der Waals surface area contributed by atoms with Crippen LogP contribution in [0, 0.1) is 6.92 Å². The maximum absolute atomic E-state index is 13.1. The molecule has 0 saturated heterocycles. The number of carbonyl (C=O) groups excluding carboxylic acids is 1. The Bertz CT molecular complexity index is 843. The molecule has 0 atom stereocenters. The molecule has 3 rings (SSSR count). The van der Waals surface area contributed by atoms with Crippen LogP contribution in [0.5, 0.6) is 5.75 Å². The summed E-state index contributed by atoms with van der Waals surface area (Å²) in [6.07, 6.45) is 2.13. The molecule has 0 bridgehead atoms. The molecule has 7 heteroatoms. The number of aryl methyl sites for hydroxylation is 1. The first kappa shape index (κ1) is 17.9. The maximum atomic E-state index is 13.1. The average Bonchev–Trinajstić information content (AvgIpc) is 2.97. The van der Waals surface area contributed by atoms with Crippen LogP contribution in [0.15, 0.2) is 28.6 Å². The number of ether oxygens (including phenoxy) is 1. The minimum absolute atomic E-state index is 0.0253. The van der Waals surface area contributed by atoms with E-state index in [-0.39, 0.29) is 5.91 Å². The summed E-state index contributed by atoms with van der Waals surface area (Å²) in [5.41, 5.74) is 2.59. The number of nitrogens with zero attached hydrogens (tertiary/aromatic N) is 3. The molecule has 0 radical (unpaired) electrons. The molecular formula is C18H21N3O2S2. The summed E-state index contributed by atoms with van der Waals surface area (Å²) >= 11 is 2.93. The van der Waals surface area contributed by atoms with Gasteiger partial charge >= 0.3 is 0 Å². The summed E-state index contributed by atoms with van der Waals surface area (Å²) in [7, 11) is 1.64. The highest BCUT2D eigenvalue weighted by Gasteiger charge is 2.37. The van der Waals surface area contributed by atoms with Gasteiger partial charge in [0.1, 0.15) is 10.8 Å². The van der Waals surface area contributed by atoms with Crippen molar-refractivity contribution in [1.29, 1.82) is 0 Å². The second-order valence-electron chi connectivity index (χ2n) is 6.44. The summed E-state index contributed by atoms with van der Waals surface area (Å²) in [5.74, 6) is 1.04. The minimum atomic E-state index is -0.430. The number of allylic oxidation sites excluding steroid dienone is 1. The zero-order valence-electron chi connectivity index (χ0n) is 15.0. The minimum Gasteiger partial charge on any atom is -0.495 e. The average molecular weight is 376 g/mol. The van der Waals surface area contributed by atoms with E-state index < -0.39 is 5.54 Å². The van der Waals surface area contributed by atoms with Gasteiger partial charge in [-0.05, 0) is 39.3 Å². The first-order valence-corrected chi connectivity index (χ1v) is 9.76. The summed E-state index contributed by atoms with van der Waals surface area (Å²) < 4.78 is 6.37. The Kier molecular flexibility index (Phi) is 4.88. The zero-order valence-corrected chi connectivity index (χ0v) is 16.6. The third-order valence-electron chi connectivity index (χ3n) is 4.09. The molecule has 1 aromatic heterocycles. The molecule has 0 saturated carbocycles. The molecule has 132 valence electrons. The molecule has 0 aliphatic carbocycles. The van der Waals surface area contributed by atoms with E-state index in [9.17, 15) is 4.79 Å². The molecule has 1 amide bonds. The number of aromatic nitrogens is 2. The number of carbonyl (C=O) groups is 1. The lowest BCUT2D eigenvalue weighted by molar-refractivity contribution is -0.116. The van der Waals surface area contributed by atoms with E-state index in [0.29, 0.717) is 11.5 Å². The van der Waals surface area contributed by atoms with Gasteiger partial charge in [0.05, 0.1) is 24.1 Å². The molecular weight excluding hydrogens is 354 g/mol. The van der Waals surface area contributed by atoms with Gasteiger partial charge < -0.3 is 4.74 Å². The predicted molar refractivity (Wildman–Crippen MR) is 104 cm³/mol. The third kappa shape index (κ3) is 3.43. The van der Waals surface area contributed by atoms with Gasteiger partial charge in [-0.2, -0.15) is 0 Å². The van der Waals surface area contributed by atoms with E-state index in [4.69, 9.17) is 4.74 Å². The topological polar surface area (TPSA) is 55.3 Å². The molecule has 0 unspecified atom stereocenters. The van der Waals surface area contributed by atoms with Gasteiger partial charge in [-0.3, -0.25) is 9.69 Å². The molecule has 2 aromatic rings. The van der Waals surface area contributed by atoms with E-state index in [0.717, 1.165) is 26.2 Å². The predicted octanol–water partition coefficient (Wildman–Crippen LogP) is 4.18. The SMILES string of the molecule is COc1cccc2c1N(C(=O)CSc1nnc(C)s1)C(C)(C)C=C2C. The lowest BCUT2D eigenvalue weighted by Gasteiger charge is -2.42. The van der Waals surface area contributed by atoms with Crippen molar-refractivity contribution in [3.8, 4) is 5.75 Å². The fourth-order valence-electron chi connectivity index (χ4n) is 3.17. The molecule has 1 aliphatic heterocycles. The summed E-state index contributed by atoms with van der Waals surface area (Å²) in [4.78, 5) is 15.0. The van der Waals surface area contributed by atoms with Gasteiger partial charge in [0.25, 0.3) is 0 Å². The molecule has 5 nitrogen and oxygen atoms in total. The van der Waals surface area contributed by atoms with Crippen LogP contribution in [-0.2, 0) is 4.79 Å². The molecule has 1 aliphatic rings. The number of thioether (sulfide) groups is 1. The first-order valence-electron chi connectivity index (χ1n) is 7.96. The van der Waals surface area contributed by atoms with Crippen LogP contribution in [-0.4, -0.2) is 34.5 Å². The van der Waals surface area contributed by atoms with Crippen LogP contribution in [0.1, 0.15) is 31.3 Å². The Labute approximate surface area is 156 Å². The number of hydrogen-bond donors (Lipinski definition) is 0. The zero-order chi connectivity index (χ0) is 18.2. The number of fused-ring (bicyclic) bond motifs is 1. The molecule has 0 spiro atoms. The van der Waals surface area contributed by atoms with Crippen LogP contribution in [0.3, 0.4) is 0 Å². The fraction of sp³-hybridized carbons (Fsp3) is 0.389. The number of para-hydroxylation sites is 1. The lowest BCUT2D eigenvalue weighted by atomic mass is 9.88. The van der Waals surface area contributed by atoms with E-state index in [1.165, 1.54) is 23.1 Å². The van der Waals surface area contributed by atoms with Crippen molar-refractivity contribution < 1.29 is 9.53 Å². The third-order valence-corrected chi connectivity index (χ3v) is 6.05. The van der Waals surface area contributed by atoms with Crippen molar-refractivity contribution in [2.75, 3.05) is 17.8 Å². The Balaban J connectivity index is 1.95. The molecule has 0 N–H and O–H groups in total. The van der Waals surface area contributed by atoms with Crippen LogP contribution >= 0.6 is 23.1 Å². The number of benzene rings is 1. The van der Waals surface area contributed by atoms with Crippen LogP contribution in [0.25, 0.3) is 5.57 Å². The van der Waals surface area contributed by atoms with E-state index >= 15 is 0 Å². The monoisotopic (exact) mass is 375 g/mol. The first-order chi connectivity index (χ1) is 11.8. The number of rotatable bonds is 4. The normalized spacial score (nSPS) is 15.6. The van der Waals surface area contributed by atoms with Gasteiger partial charge in [-0.1, -0.05) is 41.3 Å². The van der Waals surface area contributed by atoms with Crippen molar-refractivity contribution in [2.24, 2.45) is 0 Å². The van der Waals surface area contributed by atoms with Crippen molar-refractivity contribution in [1.82, 2.24) is 10.2 Å².